The molecule has 0 N–H and O–H groups in total. The number of methoxy groups -OCH3 is 1. The molecule has 126 valence electrons. The summed E-state index contributed by atoms with van der Waals surface area (Å²) in [4.78, 5) is 20.0. The number of benzene rings is 1. The van der Waals surface area contributed by atoms with Crippen molar-refractivity contribution in [1.82, 2.24) is 9.88 Å². The third kappa shape index (κ3) is 2.69. The molecule has 0 aliphatic carbocycles. The molecule has 2 bridgehead atoms. The van der Waals surface area contributed by atoms with E-state index in [1.54, 1.807) is 7.11 Å². The van der Waals surface area contributed by atoms with Crippen LogP contribution < -0.4 is 4.74 Å². The van der Waals surface area contributed by atoms with E-state index in [9.17, 15) is 4.79 Å². The number of rotatable bonds is 3. The largest absolute Gasteiger partial charge is 0.481 e. The number of carbonyl (C=O) groups excluding carboxylic acids is 1. The Hall–Kier alpha value is -1.94. The van der Waals surface area contributed by atoms with E-state index < -0.39 is 0 Å². The number of Topliss-reactive ketones (excluding diaryl/α,β-unsaturated/α-hetero) is 1. The number of ether oxygens (including phenoxy) is 1. The van der Waals surface area contributed by atoms with Crippen LogP contribution >= 0.6 is 0 Å². The Bertz CT molecular complexity index is 759. The van der Waals surface area contributed by atoms with Crippen LogP contribution in [0.3, 0.4) is 0 Å². The molecule has 4 rings (SSSR count). The van der Waals surface area contributed by atoms with Gasteiger partial charge in [-0.25, -0.2) is 4.98 Å². The number of ketones is 1. The van der Waals surface area contributed by atoms with Gasteiger partial charge >= 0.3 is 0 Å². The Morgan fingerprint density at radius 3 is 2.62 bits per heavy atom. The third-order valence-corrected chi connectivity index (χ3v) is 5.87. The van der Waals surface area contributed by atoms with E-state index in [2.05, 4.69) is 16.9 Å². The Labute approximate surface area is 142 Å². The number of piperidine rings is 2. The zero-order valence-corrected chi connectivity index (χ0v) is 14.4. The first-order valence-corrected chi connectivity index (χ1v) is 8.86. The van der Waals surface area contributed by atoms with Crippen LogP contribution in [0.25, 0.3) is 10.9 Å². The number of hydrogen-bond donors (Lipinski definition) is 0. The molecule has 2 aliphatic heterocycles. The van der Waals surface area contributed by atoms with Gasteiger partial charge in [-0.3, -0.25) is 4.79 Å². The lowest BCUT2D eigenvalue weighted by Gasteiger charge is -2.46. The number of pyridine rings is 1. The van der Waals surface area contributed by atoms with Crippen LogP contribution in [0.5, 0.6) is 5.88 Å². The van der Waals surface area contributed by atoms with Crippen molar-refractivity contribution in [3.8, 4) is 5.88 Å². The fraction of sp³-hybridized carbons (Fsp3) is 0.500. The number of aromatic nitrogens is 1. The van der Waals surface area contributed by atoms with Gasteiger partial charge in [-0.1, -0.05) is 6.42 Å². The Kier molecular flexibility index (Phi) is 4.01. The molecule has 2 aliphatic rings. The Morgan fingerprint density at radius 1 is 1.17 bits per heavy atom. The van der Waals surface area contributed by atoms with Crippen LogP contribution in [0.15, 0.2) is 30.3 Å². The van der Waals surface area contributed by atoms with Gasteiger partial charge < -0.3 is 9.64 Å². The maximum Gasteiger partial charge on any atom is 0.213 e. The normalized spacial score (nSPS) is 27.2. The summed E-state index contributed by atoms with van der Waals surface area (Å²) in [5.74, 6) is 1.07. The summed E-state index contributed by atoms with van der Waals surface area (Å²) in [6, 6.07) is 10.8. The molecule has 1 aromatic heterocycles. The predicted octanol–water partition coefficient (Wildman–Crippen LogP) is 3.69. The molecular weight excluding hydrogens is 300 g/mol. The highest BCUT2D eigenvalue weighted by molar-refractivity contribution is 6.01. The van der Waals surface area contributed by atoms with E-state index in [4.69, 9.17) is 4.74 Å². The summed E-state index contributed by atoms with van der Waals surface area (Å²) in [6.45, 7) is 0. The van der Waals surface area contributed by atoms with E-state index in [0.717, 1.165) is 29.3 Å². The van der Waals surface area contributed by atoms with Crippen LogP contribution in [0.2, 0.25) is 0 Å². The van der Waals surface area contributed by atoms with Crippen LogP contribution in [-0.4, -0.2) is 41.9 Å². The molecule has 2 saturated heterocycles. The molecule has 3 heterocycles. The van der Waals surface area contributed by atoms with Gasteiger partial charge in [0.1, 0.15) is 0 Å². The number of carbonyl (C=O) groups is 1. The predicted molar refractivity (Wildman–Crippen MR) is 94.5 cm³/mol. The molecule has 1 aromatic carbocycles. The Balaban J connectivity index is 1.59. The average molecular weight is 324 g/mol. The van der Waals surface area contributed by atoms with Gasteiger partial charge in [-0.15, -0.1) is 0 Å². The molecule has 2 atom stereocenters. The number of fused-ring (bicyclic) bond motifs is 3. The van der Waals surface area contributed by atoms with Crippen molar-refractivity contribution in [3.05, 3.63) is 35.9 Å². The summed E-state index contributed by atoms with van der Waals surface area (Å²) in [5, 5.41) is 0.995. The van der Waals surface area contributed by atoms with Crippen LogP contribution in [0, 0.1) is 5.92 Å². The quantitative estimate of drug-likeness (QED) is 0.808. The average Bonchev–Trinajstić information content (AvgIpc) is 2.60. The molecule has 0 spiro atoms. The minimum absolute atomic E-state index is 0.167. The lowest BCUT2D eigenvalue weighted by atomic mass is 9.76. The van der Waals surface area contributed by atoms with Crippen molar-refractivity contribution in [3.63, 3.8) is 0 Å². The molecule has 0 amide bonds. The molecule has 0 saturated carbocycles. The summed E-state index contributed by atoms with van der Waals surface area (Å²) >= 11 is 0. The summed E-state index contributed by atoms with van der Waals surface area (Å²) in [5.41, 5.74) is 1.69. The minimum atomic E-state index is 0.167. The van der Waals surface area contributed by atoms with Crippen molar-refractivity contribution in [2.24, 2.45) is 5.92 Å². The molecule has 4 nitrogen and oxygen atoms in total. The van der Waals surface area contributed by atoms with Gasteiger partial charge in [0.25, 0.3) is 0 Å². The van der Waals surface area contributed by atoms with Gasteiger partial charge in [0.15, 0.2) is 5.78 Å². The third-order valence-electron chi connectivity index (χ3n) is 5.87. The highest BCUT2D eigenvalue weighted by atomic mass is 16.5. The van der Waals surface area contributed by atoms with Crippen molar-refractivity contribution in [2.45, 2.75) is 44.2 Å². The first-order chi connectivity index (χ1) is 11.7. The summed E-state index contributed by atoms with van der Waals surface area (Å²) in [6.07, 6.45) is 5.79. The topological polar surface area (TPSA) is 42.4 Å². The second-order valence-corrected chi connectivity index (χ2v) is 7.20. The van der Waals surface area contributed by atoms with Gasteiger partial charge in [0.05, 0.1) is 12.6 Å². The fourth-order valence-electron chi connectivity index (χ4n) is 4.44. The molecule has 2 fully saturated rings. The van der Waals surface area contributed by atoms with Crippen molar-refractivity contribution in [2.75, 3.05) is 14.2 Å². The molecular formula is C20H24N2O2. The van der Waals surface area contributed by atoms with Gasteiger partial charge in [0, 0.05) is 35.0 Å². The summed E-state index contributed by atoms with van der Waals surface area (Å²) in [7, 11) is 3.84. The smallest absolute Gasteiger partial charge is 0.213 e. The number of hydrogen-bond acceptors (Lipinski definition) is 4. The van der Waals surface area contributed by atoms with Gasteiger partial charge in [-0.05, 0) is 57.0 Å². The zero-order valence-electron chi connectivity index (χ0n) is 14.4. The van der Waals surface area contributed by atoms with Gasteiger partial charge in [0.2, 0.25) is 5.88 Å². The van der Waals surface area contributed by atoms with E-state index in [0.29, 0.717) is 23.7 Å². The maximum absolute atomic E-state index is 13.0. The molecule has 0 radical (unpaired) electrons. The highest BCUT2D eigenvalue weighted by Gasteiger charge is 2.38. The fourth-order valence-corrected chi connectivity index (χ4v) is 4.44. The zero-order chi connectivity index (χ0) is 16.7. The van der Waals surface area contributed by atoms with Crippen molar-refractivity contribution >= 4 is 16.7 Å². The van der Waals surface area contributed by atoms with Gasteiger partial charge in [-0.2, -0.15) is 0 Å². The lowest BCUT2D eigenvalue weighted by molar-refractivity contribution is 0.0338. The maximum atomic E-state index is 13.0. The highest BCUT2D eigenvalue weighted by Crippen LogP contribution is 2.37. The lowest BCUT2D eigenvalue weighted by Crippen LogP contribution is -2.51. The second kappa shape index (κ2) is 6.17. The van der Waals surface area contributed by atoms with E-state index in [-0.39, 0.29) is 5.92 Å². The van der Waals surface area contributed by atoms with E-state index in [1.165, 1.54) is 19.3 Å². The van der Waals surface area contributed by atoms with Crippen molar-refractivity contribution in [1.29, 1.82) is 0 Å². The standard InChI is InChI=1S/C20H24N2O2/c1-22-16-4-3-5-17(22)12-15(11-16)20(23)14-6-8-18-13(10-14)7-9-19(21-18)24-2/h6-10,15-17H,3-5,11-12H2,1-2H3. The monoisotopic (exact) mass is 324 g/mol. The van der Waals surface area contributed by atoms with E-state index >= 15 is 0 Å². The number of nitrogens with zero attached hydrogens (tertiary/aromatic N) is 2. The van der Waals surface area contributed by atoms with Crippen molar-refractivity contribution < 1.29 is 9.53 Å². The first kappa shape index (κ1) is 15.6. The first-order valence-electron chi connectivity index (χ1n) is 8.86. The van der Waals surface area contributed by atoms with Crippen LogP contribution in [0.1, 0.15) is 42.5 Å². The second-order valence-electron chi connectivity index (χ2n) is 7.20. The SMILES string of the molecule is COc1ccc2cc(C(=O)C3CC4CCCC(C3)N4C)ccc2n1. The molecule has 2 unspecified atom stereocenters. The summed E-state index contributed by atoms with van der Waals surface area (Å²) < 4.78 is 5.16. The van der Waals surface area contributed by atoms with Crippen LogP contribution in [-0.2, 0) is 0 Å². The van der Waals surface area contributed by atoms with E-state index in [1.807, 2.05) is 30.3 Å². The minimum Gasteiger partial charge on any atom is -0.481 e. The van der Waals surface area contributed by atoms with Crippen LogP contribution in [0.4, 0.5) is 0 Å². The molecule has 2 aromatic rings. The molecule has 4 heteroatoms. The molecule has 24 heavy (non-hydrogen) atoms. The Morgan fingerprint density at radius 2 is 1.92 bits per heavy atom.